The molecule has 0 aliphatic carbocycles. The van der Waals surface area contributed by atoms with Gasteiger partial charge in [0.2, 0.25) is 16.0 Å². The van der Waals surface area contributed by atoms with Gasteiger partial charge in [-0.25, -0.2) is 19.0 Å². The van der Waals surface area contributed by atoms with Crippen LogP contribution < -0.4 is 27.0 Å². The second kappa shape index (κ2) is 6.33. The van der Waals surface area contributed by atoms with E-state index >= 15 is 0 Å². The van der Waals surface area contributed by atoms with Crippen LogP contribution >= 0.6 is 0 Å². The van der Waals surface area contributed by atoms with Crippen LogP contribution in [0.25, 0.3) is 0 Å². The molecule has 0 aliphatic heterocycles. The molecule has 1 heterocycles. The Bertz CT molecular complexity index is 490. The second-order valence-electron chi connectivity index (χ2n) is 3.38. The molecule has 0 saturated heterocycles. The highest BCUT2D eigenvalue weighted by molar-refractivity contribution is 7.89. The van der Waals surface area contributed by atoms with E-state index in [0.717, 1.165) is 0 Å². The lowest BCUT2D eigenvalue weighted by atomic mass is 10.5. The molecule has 1 aromatic rings. The van der Waals surface area contributed by atoms with Crippen molar-refractivity contribution >= 4 is 27.6 Å². The molecular formula is C8H17N7O2S. The molecule has 102 valence electrons. The summed E-state index contributed by atoms with van der Waals surface area (Å²) in [6.45, 7) is 2.29. The first-order valence-corrected chi connectivity index (χ1v) is 6.94. The Kier molecular flexibility index (Phi) is 5.07. The number of nitrogens with two attached hydrogens (primary N) is 2. The molecule has 0 amide bonds. The van der Waals surface area contributed by atoms with Crippen molar-refractivity contribution in [2.24, 2.45) is 5.84 Å². The summed E-state index contributed by atoms with van der Waals surface area (Å²) in [5.74, 6) is 5.93. The van der Waals surface area contributed by atoms with Crippen LogP contribution in [-0.2, 0) is 10.0 Å². The highest BCUT2D eigenvalue weighted by atomic mass is 32.2. The molecule has 0 fully saturated rings. The second-order valence-corrected chi connectivity index (χ2v) is 5.31. The summed E-state index contributed by atoms with van der Waals surface area (Å²) in [5, 5.41) is 2.83. The molecule has 1 rings (SSSR count). The van der Waals surface area contributed by atoms with Crippen LogP contribution in [0.3, 0.4) is 0 Å². The predicted octanol–water partition coefficient (Wildman–Crippen LogP) is -1.30. The summed E-state index contributed by atoms with van der Waals surface area (Å²) in [7, 11) is -3.26. The first-order valence-electron chi connectivity index (χ1n) is 5.29. The Hall–Kier alpha value is -1.65. The summed E-state index contributed by atoms with van der Waals surface area (Å²) >= 11 is 0. The summed E-state index contributed by atoms with van der Waals surface area (Å²) in [5.41, 5.74) is 7.79. The minimum Gasteiger partial charge on any atom is -0.369 e. The first-order chi connectivity index (χ1) is 8.46. The van der Waals surface area contributed by atoms with Gasteiger partial charge in [0, 0.05) is 19.2 Å². The highest BCUT2D eigenvalue weighted by Gasteiger charge is 2.08. The number of nitrogens with one attached hydrogen (secondary N) is 3. The monoisotopic (exact) mass is 275 g/mol. The number of hydrogen-bond donors (Lipinski definition) is 5. The van der Waals surface area contributed by atoms with E-state index < -0.39 is 10.0 Å². The largest absolute Gasteiger partial charge is 0.369 e. The number of hydrogen-bond acceptors (Lipinski definition) is 8. The van der Waals surface area contributed by atoms with Gasteiger partial charge in [-0.1, -0.05) is 6.92 Å². The van der Waals surface area contributed by atoms with Crippen LogP contribution in [-0.4, -0.2) is 37.2 Å². The molecule has 0 unspecified atom stereocenters. The van der Waals surface area contributed by atoms with Crippen LogP contribution in [0, 0.1) is 0 Å². The molecular weight excluding hydrogens is 258 g/mol. The molecule has 0 radical (unpaired) electrons. The molecule has 0 bridgehead atoms. The molecule has 0 saturated carbocycles. The van der Waals surface area contributed by atoms with Crippen molar-refractivity contribution in [1.29, 1.82) is 0 Å². The van der Waals surface area contributed by atoms with Gasteiger partial charge in [0.1, 0.15) is 11.6 Å². The molecule has 7 N–H and O–H groups in total. The van der Waals surface area contributed by atoms with Gasteiger partial charge in [0.15, 0.2) is 0 Å². The van der Waals surface area contributed by atoms with Crippen LogP contribution in [0.5, 0.6) is 0 Å². The maximum Gasteiger partial charge on any atom is 0.223 e. The average Bonchev–Trinajstić information content (AvgIpc) is 2.27. The summed E-state index contributed by atoms with van der Waals surface area (Å²) < 4.78 is 25.1. The Morgan fingerprint density at radius 1 is 1.33 bits per heavy atom. The van der Waals surface area contributed by atoms with Gasteiger partial charge in [-0.2, -0.15) is 9.97 Å². The minimum absolute atomic E-state index is 0.0440. The molecule has 9 nitrogen and oxygen atoms in total. The Morgan fingerprint density at radius 2 is 2.00 bits per heavy atom. The van der Waals surface area contributed by atoms with Crippen LogP contribution in [0.15, 0.2) is 6.07 Å². The fraction of sp³-hybridized carbons (Fsp3) is 0.500. The zero-order valence-electron chi connectivity index (χ0n) is 9.97. The Balaban J connectivity index is 2.56. The summed E-state index contributed by atoms with van der Waals surface area (Å²) in [6.07, 6.45) is 0. The van der Waals surface area contributed by atoms with Crippen molar-refractivity contribution in [3.63, 3.8) is 0 Å². The number of aromatic nitrogens is 2. The smallest absolute Gasteiger partial charge is 0.223 e. The van der Waals surface area contributed by atoms with Gasteiger partial charge in [-0.15, -0.1) is 0 Å². The molecule has 0 aliphatic rings. The highest BCUT2D eigenvalue weighted by Crippen LogP contribution is 2.10. The zero-order valence-corrected chi connectivity index (χ0v) is 10.8. The number of nitrogen functional groups attached to an aromatic ring is 2. The number of sulfonamides is 1. The molecule has 18 heavy (non-hydrogen) atoms. The number of anilines is 3. The van der Waals surface area contributed by atoms with E-state index in [0.29, 0.717) is 18.2 Å². The van der Waals surface area contributed by atoms with Gasteiger partial charge in [-0.3, -0.25) is 0 Å². The number of rotatable bonds is 7. The van der Waals surface area contributed by atoms with E-state index in [2.05, 4.69) is 25.4 Å². The fourth-order valence-corrected chi connectivity index (χ4v) is 2.19. The topological polar surface area (TPSA) is 148 Å². The number of hydrazine groups is 1. The quantitative estimate of drug-likeness (QED) is 0.304. The average molecular weight is 275 g/mol. The van der Waals surface area contributed by atoms with Gasteiger partial charge >= 0.3 is 0 Å². The van der Waals surface area contributed by atoms with Crippen molar-refractivity contribution in [3.8, 4) is 0 Å². The van der Waals surface area contributed by atoms with Crippen LogP contribution in [0.2, 0.25) is 0 Å². The Morgan fingerprint density at radius 3 is 2.61 bits per heavy atom. The lowest BCUT2D eigenvalue weighted by molar-refractivity contribution is 0.584. The van der Waals surface area contributed by atoms with Crippen molar-refractivity contribution in [2.45, 2.75) is 6.92 Å². The third-order valence-electron chi connectivity index (χ3n) is 1.93. The van der Waals surface area contributed by atoms with Crippen molar-refractivity contribution < 1.29 is 8.42 Å². The van der Waals surface area contributed by atoms with Crippen LogP contribution in [0.4, 0.5) is 17.6 Å². The van der Waals surface area contributed by atoms with E-state index in [1.165, 1.54) is 6.07 Å². The third kappa shape index (κ3) is 4.69. The molecule has 0 aromatic carbocycles. The summed E-state index contributed by atoms with van der Waals surface area (Å²) in [4.78, 5) is 7.69. The van der Waals surface area contributed by atoms with Crippen molar-refractivity contribution in [3.05, 3.63) is 6.07 Å². The maximum atomic E-state index is 11.4. The molecule has 10 heteroatoms. The van der Waals surface area contributed by atoms with Gasteiger partial charge < -0.3 is 16.5 Å². The van der Waals surface area contributed by atoms with E-state index in [-0.39, 0.29) is 18.2 Å². The first kappa shape index (κ1) is 14.4. The van der Waals surface area contributed by atoms with E-state index in [1.807, 2.05) is 0 Å². The van der Waals surface area contributed by atoms with E-state index in [9.17, 15) is 8.42 Å². The zero-order chi connectivity index (χ0) is 13.6. The van der Waals surface area contributed by atoms with Gasteiger partial charge in [-0.05, 0) is 0 Å². The number of nitrogens with zero attached hydrogens (tertiary/aromatic N) is 2. The molecule has 1 aromatic heterocycles. The van der Waals surface area contributed by atoms with Crippen molar-refractivity contribution in [2.75, 3.05) is 35.3 Å². The molecule has 0 spiro atoms. The van der Waals surface area contributed by atoms with Gasteiger partial charge in [0.05, 0.1) is 5.75 Å². The predicted molar refractivity (Wildman–Crippen MR) is 70.2 cm³/mol. The van der Waals surface area contributed by atoms with Gasteiger partial charge in [0.25, 0.3) is 0 Å². The van der Waals surface area contributed by atoms with E-state index in [4.69, 9.17) is 11.6 Å². The summed E-state index contributed by atoms with van der Waals surface area (Å²) in [6, 6.07) is 1.52. The third-order valence-corrected chi connectivity index (χ3v) is 3.40. The molecule has 0 atom stereocenters. The lowest BCUT2D eigenvalue weighted by Crippen LogP contribution is -2.29. The maximum absolute atomic E-state index is 11.4. The minimum atomic E-state index is -3.26. The SMILES string of the molecule is CCNS(=O)(=O)CCNc1cc(NN)nc(N)n1. The Labute approximate surface area is 105 Å². The standard InChI is InChI=1S/C8H17N7O2S/c1-2-12-18(16,17)4-3-11-6-5-7(15-10)14-8(9)13-6/h5,12H,2-4,10H2,1H3,(H4,9,11,13,14,15). The van der Waals surface area contributed by atoms with Crippen molar-refractivity contribution in [1.82, 2.24) is 14.7 Å². The normalized spacial score (nSPS) is 11.2. The van der Waals surface area contributed by atoms with Crippen LogP contribution in [0.1, 0.15) is 6.92 Å². The lowest BCUT2D eigenvalue weighted by Gasteiger charge is -2.08. The van der Waals surface area contributed by atoms with E-state index in [1.54, 1.807) is 6.92 Å². The fourth-order valence-electron chi connectivity index (χ4n) is 1.24.